The van der Waals surface area contributed by atoms with Gasteiger partial charge in [0.2, 0.25) is 0 Å². The Morgan fingerprint density at radius 3 is 2.67 bits per heavy atom. The van der Waals surface area contributed by atoms with Gasteiger partial charge in [0.05, 0.1) is 33.3 Å². The van der Waals surface area contributed by atoms with E-state index in [1.165, 1.54) is 16.9 Å². The fourth-order valence-electron chi connectivity index (χ4n) is 3.83. The highest BCUT2D eigenvalue weighted by Gasteiger charge is 2.26. The highest BCUT2D eigenvalue weighted by atomic mass is 32.2. The molecule has 30 heavy (non-hydrogen) atoms. The van der Waals surface area contributed by atoms with Gasteiger partial charge < -0.3 is 0 Å². The maximum absolute atomic E-state index is 13.8. The summed E-state index contributed by atoms with van der Waals surface area (Å²) in [7, 11) is -2.92. The molecule has 0 radical (unpaired) electrons. The number of fused-ring (bicyclic) bond motifs is 1. The van der Waals surface area contributed by atoms with Crippen LogP contribution in [0, 0.1) is 11.7 Å². The summed E-state index contributed by atoms with van der Waals surface area (Å²) in [5.41, 5.74) is 1.17. The molecule has 0 saturated heterocycles. The Labute approximate surface area is 175 Å². The zero-order valence-electron chi connectivity index (χ0n) is 17.1. The van der Waals surface area contributed by atoms with Crippen molar-refractivity contribution in [1.29, 1.82) is 0 Å². The lowest BCUT2D eigenvalue weighted by atomic mass is 9.89. The van der Waals surface area contributed by atoms with E-state index in [0.29, 0.717) is 16.1 Å². The topological polar surface area (TPSA) is 77.2 Å². The Kier molecular flexibility index (Phi) is 5.69. The smallest absolute Gasteiger partial charge is 0.257 e. The van der Waals surface area contributed by atoms with Gasteiger partial charge in [0.1, 0.15) is 5.82 Å². The van der Waals surface area contributed by atoms with Gasteiger partial charge in [-0.05, 0) is 44.9 Å². The molecule has 1 fully saturated rings. The molecule has 1 atom stereocenters. The minimum absolute atomic E-state index is 0.120. The van der Waals surface area contributed by atoms with E-state index in [1.54, 1.807) is 24.4 Å². The van der Waals surface area contributed by atoms with Gasteiger partial charge >= 0.3 is 0 Å². The van der Waals surface area contributed by atoms with Gasteiger partial charge in [0, 0.05) is 33.7 Å². The molecule has 1 unspecified atom stereocenters. The van der Waals surface area contributed by atoms with Crippen molar-refractivity contribution in [3.8, 4) is 5.69 Å². The predicted octanol–water partition coefficient (Wildman–Crippen LogP) is 4.90. The lowest BCUT2D eigenvalue weighted by Crippen LogP contribution is -2.21. The van der Waals surface area contributed by atoms with Crippen LogP contribution in [0.25, 0.3) is 16.6 Å². The molecule has 0 aliphatic heterocycles. The third kappa shape index (κ3) is 4.01. The third-order valence-electron chi connectivity index (χ3n) is 5.59. The van der Waals surface area contributed by atoms with Crippen LogP contribution in [0.1, 0.15) is 46.0 Å². The molecule has 3 aromatic rings. The minimum Gasteiger partial charge on any atom is -0.272 e. The van der Waals surface area contributed by atoms with Crippen LogP contribution in [0.4, 0.5) is 4.39 Å². The molecule has 0 spiro atoms. The summed E-state index contributed by atoms with van der Waals surface area (Å²) >= 11 is 0. The van der Waals surface area contributed by atoms with Crippen LogP contribution in [0.5, 0.6) is 0 Å². The van der Waals surface area contributed by atoms with Crippen molar-refractivity contribution in [2.45, 2.75) is 56.1 Å². The van der Waals surface area contributed by atoms with Crippen molar-refractivity contribution in [3.63, 3.8) is 0 Å². The average Bonchev–Trinajstić information content (AvgIpc) is 3.17. The molecule has 158 valence electrons. The molecule has 4 rings (SSSR count). The molecule has 6 nitrogen and oxygen atoms in total. The van der Waals surface area contributed by atoms with Crippen LogP contribution in [0.3, 0.4) is 0 Å². The van der Waals surface area contributed by atoms with Gasteiger partial charge in [-0.2, -0.15) is 9.46 Å². The van der Waals surface area contributed by atoms with Crippen LogP contribution in [-0.4, -0.2) is 30.1 Å². The maximum atomic E-state index is 13.8. The number of pyridine rings is 1. The lowest BCUT2D eigenvalue weighted by molar-refractivity contribution is -0.122. The average molecular weight is 429 g/mol. The normalized spacial score (nSPS) is 17.2. The molecule has 0 bridgehead atoms. The predicted molar refractivity (Wildman–Crippen MR) is 114 cm³/mol. The number of amides is 1. The maximum Gasteiger partial charge on any atom is 0.257 e. The second kappa shape index (κ2) is 8.26. The van der Waals surface area contributed by atoms with Gasteiger partial charge in [-0.15, -0.1) is 0 Å². The Morgan fingerprint density at radius 1 is 1.20 bits per heavy atom. The first kappa shape index (κ1) is 20.7. The molecule has 1 amide bonds. The highest BCUT2D eigenvalue weighted by molar-refractivity contribution is 7.94. The van der Waals surface area contributed by atoms with E-state index >= 15 is 0 Å². The van der Waals surface area contributed by atoms with Crippen molar-refractivity contribution in [1.82, 2.24) is 14.8 Å². The quantitative estimate of drug-likeness (QED) is 0.592. The van der Waals surface area contributed by atoms with Gasteiger partial charge in [-0.3, -0.25) is 9.78 Å². The largest absolute Gasteiger partial charge is 0.272 e. The summed E-state index contributed by atoms with van der Waals surface area (Å²) < 4.78 is 33.2. The van der Waals surface area contributed by atoms with Gasteiger partial charge in [-0.1, -0.05) is 19.3 Å². The fourth-order valence-corrected chi connectivity index (χ4v) is 5.67. The van der Waals surface area contributed by atoms with Crippen molar-refractivity contribution in [2.75, 3.05) is 0 Å². The lowest BCUT2D eigenvalue weighted by Gasteiger charge is -2.20. The first-order valence-corrected chi connectivity index (χ1v) is 11.8. The van der Waals surface area contributed by atoms with Crippen LogP contribution in [0.15, 0.2) is 52.1 Å². The van der Waals surface area contributed by atoms with Crippen LogP contribution >= 0.6 is 0 Å². The van der Waals surface area contributed by atoms with E-state index in [9.17, 15) is 13.4 Å². The molecule has 1 aliphatic carbocycles. The number of benzene rings is 1. The summed E-state index contributed by atoms with van der Waals surface area (Å²) in [4.78, 5) is 17.1. The molecule has 2 heterocycles. The van der Waals surface area contributed by atoms with Crippen molar-refractivity contribution < 1.29 is 13.4 Å². The number of carbonyl (C=O) groups is 1. The second-order valence-electron chi connectivity index (χ2n) is 8.04. The molecule has 1 aliphatic rings. The van der Waals surface area contributed by atoms with E-state index in [4.69, 9.17) is 0 Å². The molecule has 2 aromatic heterocycles. The van der Waals surface area contributed by atoms with Gasteiger partial charge in [-0.25, -0.2) is 13.3 Å². The minimum atomic E-state index is -2.92. The second-order valence-corrected chi connectivity index (χ2v) is 10.8. The number of rotatable bonds is 4. The first-order valence-electron chi connectivity index (χ1n) is 10.3. The molecule has 1 aromatic carbocycles. The van der Waals surface area contributed by atoms with Crippen LogP contribution < -0.4 is 0 Å². The molecule has 8 heteroatoms. The van der Waals surface area contributed by atoms with Crippen LogP contribution in [-0.2, 0) is 14.5 Å². The number of halogens is 1. The number of hydrogen-bond donors (Lipinski definition) is 0. The highest BCUT2D eigenvalue weighted by Crippen LogP contribution is 2.28. The summed E-state index contributed by atoms with van der Waals surface area (Å²) in [6.07, 6.45) is 9.22. The third-order valence-corrected chi connectivity index (χ3v) is 8.25. The van der Waals surface area contributed by atoms with Crippen molar-refractivity contribution in [3.05, 3.63) is 48.7 Å². The Bertz CT molecular complexity index is 1200. The number of aromatic nitrogens is 3. The van der Waals surface area contributed by atoms with Crippen LogP contribution in [0.2, 0.25) is 0 Å². The zero-order valence-corrected chi connectivity index (χ0v) is 17.9. The van der Waals surface area contributed by atoms with Gasteiger partial charge in [0.15, 0.2) is 0 Å². The summed E-state index contributed by atoms with van der Waals surface area (Å²) in [6.45, 7) is 3.65. The fraction of sp³-hybridized carbons (Fsp3) is 0.409. The van der Waals surface area contributed by atoms with E-state index in [2.05, 4.69) is 14.4 Å². The summed E-state index contributed by atoms with van der Waals surface area (Å²) in [6, 6.07) is 6.60. The number of carbonyl (C=O) groups excluding carboxylic acids is 1. The van der Waals surface area contributed by atoms with E-state index in [-0.39, 0.29) is 17.1 Å². The monoisotopic (exact) mass is 428 g/mol. The van der Waals surface area contributed by atoms with Gasteiger partial charge in [0.25, 0.3) is 5.91 Å². The SMILES string of the molecule is CC(C)S(=O)(=NC(=O)C1CCCCC1)c1ccc2nn(-c3cncc(F)c3)cc2c1. The molecular weight excluding hydrogens is 403 g/mol. The van der Waals surface area contributed by atoms with E-state index < -0.39 is 15.5 Å². The van der Waals surface area contributed by atoms with Crippen molar-refractivity contribution in [2.24, 2.45) is 10.3 Å². The Balaban J connectivity index is 1.74. The van der Waals surface area contributed by atoms with E-state index in [0.717, 1.165) is 43.7 Å². The molecular formula is C22H25FN4O2S. The summed E-state index contributed by atoms with van der Waals surface area (Å²) in [5.74, 6) is -0.809. The number of nitrogens with zero attached hydrogens (tertiary/aromatic N) is 4. The van der Waals surface area contributed by atoms with Crippen molar-refractivity contribution >= 4 is 26.5 Å². The van der Waals surface area contributed by atoms with E-state index in [1.807, 2.05) is 13.8 Å². The molecule has 0 N–H and O–H groups in total. The first-order chi connectivity index (χ1) is 14.4. The number of hydrogen-bond acceptors (Lipinski definition) is 4. The molecule has 1 saturated carbocycles. The Morgan fingerprint density at radius 2 is 1.97 bits per heavy atom. The summed E-state index contributed by atoms with van der Waals surface area (Å²) in [5, 5.41) is 4.87. The standard InChI is InChI=1S/C22H25FN4O2S/c1-15(2)30(29,26-22(28)16-6-4-3-5-7-16)20-8-9-21-17(10-20)14-27(25-21)19-11-18(23)12-24-13-19/h8-16H,3-7H2,1-2H3. The zero-order chi connectivity index (χ0) is 21.3. The Hall–Kier alpha value is -2.61.